The van der Waals surface area contributed by atoms with Gasteiger partial charge in [0.05, 0.1) is 14.2 Å². The normalized spacial score (nSPS) is 12.3. The first kappa shape index (κ1) is 14.8. The number of rotatable bonds is 7. The van der Waals surface area contributed by atoms with Crippen LogP contribution in [0, 0.1) is 0 Å². The first-order valence-electron chi connectivity index (χ1n) is 6.22. The Bertz CT molecular complexity index is 378. The molecule has 0 aromatic heterocycles. The van der Waals surface area contributed by atoms with Crippen molar-refractivity contribution < 1.29 is 14.6 Å². The van der Waals surface area contributed by atoms with Gasteiger partial charge in [0.2, 0.25) is 0 Å². The maximum absolute atomic E-state index is 8.90. The minimum atomic E-state index is 0.0758. The molecule has 0 aliphatic carbocycles. The van der Waals surface area contributed by atoms with Crippen LogP contribution in [0.5, 0.6) is 11.5 Å². The van der Waals surface area contributed by atoms with Gasteiger partial charge in [0.15, 0.2) is 0 Å². The van der Waals surface area contributed by atoms with Crippen molar-refractivity contribution in [2.24, 2.45) is 5.73 Å². The molecule has 1 rings (SSSR count). The number of benzene rings is 1. The van der Waals surface area contributed by atoms with Crippen LogP contribution < -0.4 is 15.2 Å². The monoisotopic (exact) mass is 253 g/mol. The van der Waals surface area contributed by atoms with Gasteiger partial charge in [-0.3, -0.25) is 0 Å². The molecule has 0 spiro atoms. The summed E-state index contributed by atoms with van der Waals surface area (Å²) >= 11 is 0. The van der Waals surface area contributed by atoms with E-state index in [0.29, 0.717) is 6.42 Å². The van der Waals surface area contributed by atoms with Crippen LogP contribution in [-0.4, -0.2) is 32.0 Å². The van der Waals surface area contributed by atoms with Crippen LogP contribution in [0.3, 0.4) is 0 Å². The zero-order valence-electron chi connectivity index (χ0n) is 11.4. The van der Waals surface area contributed by atoms with Gasteiger partial charge in [0, 0.05) is 12.6 Å². The Morgan fingerprint density at radius 1 is 1.17 bits per heavy atom. The standard InChI is InChI=1S/C14H23NO3/c1-10(15)7-12-9-13(17-2)11(5-4-6-16)8-14(12)18-3/h8-10,16H,4-7,15H2,1-3H3/t10-/m1/s1. The van der Waals surface area contributed by atoms with Gasteiger partial charge in [-0.05, 0) is 49.4 Å². The maximum atomic E-state index is 8.90. The van der Waals surface area contributed by atoms with E-state index in [1.54, 1.807) is 14.2 Å². The van der Waals surface area contributed by atoms with Gasteiger partial charge in [0.25, 0.3) is 0 Å². The Morgan fingerprint density at radius 2 is 1.72 bits per heavy atom. The van der Waals surface area contributed by atoms with Crippen LogP contribution in [0.2, 0.25) is 0 Å². The number of ether oxygens (including phenoxy) is 2. The number of hydrogen-bond acceptors (Lipinski definition) is 4. The predicted octanol–water partition coefficient (Wildman–Crippen LogP) is 1.52. The zero-order chi connectivity index (χ0) is 13.5. The Morgan fingerprint density at radius 3 is 2.22 bits per heavy atom. The summed E-state index contributed by atoms with van der Waals surface area (Å²) in [6, 6.07) is 4.04. The Labute approximate surface area is 109 Å². The highest BCUT2D eigenvalue weighted by atomic mass is 16.5. The second-order valence-corrected chi connectivity index (χ2v) is 4.48. The fourth-order valence-electron chi connectivity index (χ4n) is 2.00. The van der Waals surface area contributed by atoms with Gasteiger partial charge in [-0.25, -0.2) is 0 Å². The van der Waals surface area contributed by atoms with Gasteiger partial charge in [0.1, 0.15) is 11.5 Å². The van der Waals surface area contributed by atoms with Crippen molar-refractivity contribution in [1.29, 1.82) is 0 Å². The molecule has 1 aromatic carbocycles. The topological polar surface area (TPSA) is 64.7 Å². The highest BCUT2D eigenvalue weighted by molar-refractivity contribution is 5.47. The summed E-state index contributed by atoms with van der Waals surface area (Å²) in [5.41, 5.74) is 7.93. The SMILES string of the molecule is COc1cc(C[C@@H](C)N)c(OC)cc1CCCO. The number of methoxy groups -OCH3 is 2. The summed E-state index contributed by atoms with van der Waals surface area (Å²) in [6.07, 6.45) is 2.24. The molecule has 0 unspecified atom stereocenters. The van der Waals surface area contributed by atoms with E-state index in [2.05, 4.69) is 0 Å². The lowest BCUT2D eigenvalue weighted by Gasteiger charge is -2.16. The molecule has 0 radical (unpaired) electrons. The molecule has 4 heteroatoms. The van der Waals surface area contributed by atoms with Gasteiger partial charge < -0.3 is 20.3 Å². The van der Waals surface area contributed by atoms with Crippen molar-refractivity contribution in [3.8, 4) is 11.5 Å². The van der Waals surface area contributed by atoms with Crippen molar-refractivity contribution >= 4 is 0 Å². The van der Waals surface area contributed by atoms with Crippen molar-refractivity contribution in [1.82, 2.24) is 0 Å². The van der Waals surface area contributed by atoms with Gasteiger partial charge >= 0.3 is 0 Å². The average molecular weight is 253 g/mol. The van der Waals surface area contributed by atoms with Crippen LogP contribution in [0.15, 0.2) is 12.1 Å². The smallest absolute Gasteiger partial charge is 0.122 e. The van der Waals surface area contributed by atoms with Crippen molar-refractivity contribution in [2.75, 3.05) is 20.8 Å². The van der Waals surface area contributed by atoms with Crippen LogP contribution >= 0.6 is 0 Å². The number of aryl methyl sites for hydroxylation is 1. The number of aliphatic hydroxyl groups excluding tert-OH is 1. The van der Waals surface area contributed by atoms with Crippen LogP contribution in [-0.2, 0) is 12.8 Å². The summed E-state index contributed by atoms with van der Waals surface area (Å²) in [7, 11) is 3.31. The number of nitrogens with two attached hydrogens (primary N) is 1. The molecule has 0 fully saturated rings. The van der Waals surface area contributed by atoms with Crippen molar-refractivity contribution in [3.63, 3.8) is 0 Å². The van der Waals surface area contributed by atoms with Crippen molar-refractivity contribution in [3.05, 3.63) is 23.3 Å². The van der Waals surface area contributed by atoms with Crippen LogP contribution in [0.4, 0.5) is 0 Å². The minimum absolute atomic E-state index is 0.0758. The lowest BCUT2D eigenvalue weighted by atomic mass is 10.0. The van der Waals surface area contributed by atoms with E-state index in [1.165, 1.54) is 0 Å². The fourth-order valence-corrected chi connectivity index (χ4v) is 2.00. The van der Waals surface area contributed by atoms with Crippen LogP contribution in [0.25, 0.3) is 0 Å². The van der Waals surface area contributed by atoms with Gasteiger partial charge in [-0.2, -0.15) is 0 Å². The third-order valence-electron chi connectivity index (χ3n) is 2.83. The van der Waals surface area contributed by atoms with Crippen molar-refractivity contribution in [2.45, 2.75) is 32.2 Å². The molecular weight excluding hydrogens is 230 g/mol. The quantitative estimate of drug-likeness (QED) is 0.773. The molecule has 0 heterocycles. The summed E-state index contributed by atoms with van der Waals surface area (Å²) in [6.45, 7) is 2.14. The molecule has 1 aromatic rings. The first-order valence-corrected chi connectivity index (χ1v) is 6.22. The fraction of sp³-hybridized carbons (Fsp3) is 0.571. The molecule has 0 aliphatic rings. The lowest BCUT2D eigenvalue weighted by Crippen LogP contribution is -2.18. The maximum Gasteiger partial charge on any atom is 0.122 e. The third-order valence-corrected chi connectivity index (χ3v) is 2.83. The summed E-state index contributed by atoms with van der Waals surface area (Å²) in [4.78, 5) is 0. The molecule has 0 amide bonds. The summed E-state index contributed by atoms with van der Waals surface area (Å²) in [5, 5.41) is 8.90. The number of hydrogen-bond donors (Lipinski definition) is 2. The largest absolute Gasteiger partial charge is 0.496 e. The first-order chi connectivity index (χ1) is 8.62. The van der Waals surface area contributed by atoms with Crippen LogP contribution in [0.1, 0.15) is 24.5 Å². The number of aliphatic hydroxyl groups is 1. The molecular formula is C14H23NO3. The van der Waals surface area contributed by atoms with E-state index in [9.17, 15) is 0 Å². The molecule has 4 nitrogen and oxygen atoms in total. The van der Waals surface area contributed by atoms with E-state index in [4.69, 9.17) is 20.3 Å². The lowest BCUT2D eigenvalue weighted by molar-refractivity contribution is 0.287. The molecule has 0 saturated heterocycles. The zero-order valence-corrected chi connectivity index (χ0v) is 11.4. The Kier molecular flexibility index (Phi) is 5.95. The molecule has 3 N–H and O–H groups in total. The highest BCUT2D eigenvalue weighted by Gasteiger charge is 2.12. The Hall–Kier alpha value is -1.26. The molecule has 18 heavy (non-hydrogen) atoms. The van der Waals surface area contributed by atoms with Gasteiger partial charge in [-0.15, -0.1) is 0 Å². The molecule has 0 saturated carbocycles. The average Bonchev–Trinajstić information content (AvgIpc) is 2.35. The second kappa shape index (κ2) is 7.24. The van der Waals surface area contributed by atoms with E-state index >= 15 is 0 Å². The van der Waals surface area contributed by atoms with Gasteiger partial charge in [-0.1, -0.05) is 0 Å². The molecule has 0 bridgehead atoms. The van der Waals surface area contributed by atoms with E-state index in [0.717, 1.165) is 35.5 Å². The third kappa shape index (κ3) is 3.89. The predicted molar refractivity (Wildman–Crippen MR) is 72.3 cm³/mol. The second-order valence-electron chi connectivity index (χ2n) is 4.48. The highest BCUT2D eigenvalue weighted by Crippen LogP contribution is 2.30. The molecule has 0 aliphatic heterocycles. The van der Waals surface area contributed by atoms with E-state index < -0.39 is 0 Å². The minimum Gasteiger partial charge on any atom is -0.496 e. The molecule has 1 atom stereocenters. The summed E-state index contributed by atoms with van der Waals surface area (Å²) < 4.78 is 10.8. The summed E-state index contributed by atoms with van der Waals surface area (Å²) in [5.74, 6) is 1.67. The Balaban J connectivity index is 3.06. The molecule has 102 valence electrons. The van der Waals surface area contributed by atoms with E-state index in [-0.39, 0.29) is 12.6 Å². The van der Waals surface area contributed by atoms with E-state index in [1.807, 2.05) is 19.1 Å².